The molecule has 0 radical (unpaired) electrons. The number of piperidine rings is 1. The van der Waals surface area contributed by atoms with Gasteiger partial charge in [0, 0.05) is 43.0 Å². The van der Waals surface area contributed by atoms with Crippen molar-refractivity contribution in [3.05, 3.63) is 35.8 Å². The molecule has 0 spiro atoms. The van der Waals surface area contributed by atoms with E-state index < -0.39 is 17.8 Å². The van der Waals surface area contributed by atoms with Crippen LogP contribution in [0.25, 0.3) is 22.3 Å². The summed E-state index contributed by atoms with van der Waals surface area (Å²) >= 11 is 0. The quantitative estimate of drug-likeness (QED) is 0.434. The minimum Gasteiger partial charge on any atom is -0.354 e. The van der Waals surface area contributed by atoms with Crippen LogP contribution in [-0.4, -0.2) is 56.4 Å². The van der Waals surface area contributed by atoms with Gasteiger partial charge in [-0.3, -0.25) is 4.79 Å². The second-order valence-corrected chi connectivity index (χ2v) is 9.77. The van der Waals surface area contributed by atoms with Crippen molar-refractivity contribution in [1.29, 1.82) is 5.26 Å². The summed E-state index contributed by atoms with van der Waals surface area (Å²) < 4.78 is 39.7. The standard InChI is InChI=1S/C25H29F3N8O/c1-14(2)7-20(30)23(37)36-5-3-15(4-6-36)10-33-24-34-11-16(9-29)21(35-24)19-13-32-22-18(19)8-17(12-31-22)25(26,27)28/h8,11-15,20H,3-7,10,30H2,1-2H3,(H,31,32)(H,33,34,35)/t20-/m1/s1. The van der Waals surface area contributed by atoms with Gasteiger partial charge in [-0.15, -0.1) is 0 Å². The molecule has 37 heavy (non-hydrogen) atoms. The minimum atomic E-state index is -4.55. The summed E-state index contributed by atoms with van der Waals surface area (Å²) in [5.74, 6) is 0.882. The van der Waals surface area contributed by atoms with Gasteiger partial charge in [-0.05, 0) is 37.2 Å². The maximum atomic E-state index is 13.2. The van der Waals surface area contributed by atoms with Gasteiger partial charge < -0.3 is 20.9 Å². The molecule has 3 aromatic heterocycles. The lowest BCUT2D eigenvalue weighted by atomic mass is 9.95. The van der Waals surface area contributed by atoms with E-state index in [4.69, 9.17) is 5.73 Å². The van der Waals surface area contributed by atoms with Crippen molar-refractivity contribution in [3.63, 3.8) is 0 Å². The molecular formula is C25H29F3N8O. The fraction of sp³-hybridized carbons (Fsp3) is 0.480. The average molecular weight is 515 g/mol. The van der Waals surface area contributed by atoms with Crippen molar-refractivity contribution in [2.75, 3.05) is 25.0 Å². The van der Waals surface area contributed by atoms with E-state index in [0.717, 1.165) is 25.1 Å². The normalized spacial score (nSPS) is 15.7. The number of alkyl halides is 3. The molecule has 12 heteroatoms. The van der Waals surface area contributed by atoms with Gasteiger partial charge in [-0.1, -0.05) is 13.8 Å². The lowest BCUT2D eigenvalue weighted by Gasteiger charge is -2.33. The van der Waals surface area contributed by atoms with E-state index in [0.29, 0.717) is 37.5 Å². The zero-order valence-electron chi connectivity index (χ0n) is 20.6. The zero-order chi connectivity index (χ0) is 26.7. The average Bonchev–Trinajstić information content (AvgIpc) is 3.29. The number of H-pyrrole nitrogens is 1. The summed E-state index contributed by atoms with van der Waals surface area (Å²) in [6, 6.07) is 2.52. The Labute approximate surface area is 212 Å². The first-order valence-electron chi connectivity index (χ1n) is 12.2. The van der Waals surface area contributed by atoms with Gasteiger partial charge in [0.15, 0.2) is 0 Å². The molecule has 0 bridgehead atoms. The van der Waals surface area contributed by atoms with E-state index >= 15 is 0 Å². The Morgan fingerprint density at radius 2 is 2.03 bits per heavy atom. The van der Waals surface area contributed by atoms with E-state index in [1.54, 1.807) is 0 Å². The maximum absolute atomic E-state index is 13.2. The molecule has 1 aliphatic heterocycles. The maximum Gasteiger partial charge on any atom is 0.417 e. The van der Waals surface area contributed by atoms with E-state index in [-0.39, 0.29) is 40.1 Å². The number of aromatic nitrogens is 4. The molecular weight excluding hydrogens is 485 g/mol. The molecule has 0 saturated carbocycles. The number of nitrogens with two attached hydrogens (primary N) is 1. The Kier molecular flexibility index (Phi) is 7.63. The van der Waals surface area contributed by atoms with Gasteiger partial charge in [0.2, 0.25) is 11.9 Å². The SMILES string of the molecule is CC(C)C[C@@H](N)C(=O)N1CCC(CNc2ncc(C#N)c(-c3c[nH]c4ncc(C(F)(F)F)cc34)n2)CC1. The number of halogens is 3. The van der Waals surface area contributed by atoms with Crippen molar-refractivity contribution in [2.45, 2.75) is 45.3 Å². The number of nitrogens with one attached hydrogen (secondary N) is 2. The van der Waals surface area contributed by atoms with Crippen LogP contribution in [0.5, 0.6) is 0 Å². The number of hydrogen-bond acceptors (Lipinski definition) is 7. The number of anilines is 1. The predicted octanol–water partition coefficient (Wildman–Crippen LogP) is 3.93. The van der Waals surface area contributed by atoms with E-state index in [2.05, 4.69) is 25.3 Å². The van der Waals surface area contributed by atoms with Crippen LogP contribution in [0.1, 0.15) is 44.2 Å². The van der Waals surface area contributed by atoms with Crippen molar-refractivity contribution in [3.8, 4) is 17.3 Å². The number of rotatable bonds is 7. The van der Waals surface area contributed by atoms with Gasteiger partial charge in [-0.25, -0.2) is 15.0 Å². The molecule has 9 nitrogen and oxygen atoms in total. The van der Waals surface area contributed by atoms with Crippen molar-refractivity contribution < 1.29 is 18.0 Å². The predicted molar refractivity (Wildman–Crippen MR) is 132 cm³/mol. The van der Waals surface area contributed by atoms with Gasteiger partial charge >= 0.3 is 6.18 Å². The molecule has 196 valence electrons. The Bertz CT molecular complexity index is 1310. The highest BCUT2D eigenvalue weighted by Crippen LogP contribution is 2.34. The van der Waals surface area contributed by atoms with Crippen molar-refractivity contribution in [2.24, 2.45) is 17.6 Å². The highest BCUT2D eigenvalue weighted by Gasteiger charge is 2.32. The fourth-order valence-corrected chi connectivity index (χ4v) is 4.54. The number of hydrogen-bond donors (Lipinski definition) is 3. The number of carbonyl (C=O) groups is 1. The summed E-state index contributed by atoms with van der Waals surface area (Å²) in [6.07, 6.45) is 1.30. The summed E-state index contributed by atoms with van der Waals surface area (Å²) in [5, 5.41) is 12.9. The number of fused-ring (bicyclic) bond motifs is 1. The van der Waals surface area contributed by atoms with Crippen LogP contribution >= 0.6 is 0 Å². The second kappa shape index (κ2) is 10.7. The highest BCUT2D eigenvalue weighted by atomic mass is 19.4. The van der Waals surface area contributed by atoms with Crippen LogP contribution in [0, 0.1) is 23.2 Å². The largest absolute Gasteiger partial charge is 0.417 e. The summed E-state index contributed by atoms with van der Waals surface area (Å²) in [7, 11) is 0. The van der Waals surface area contributed by atoms with Crippen LogP contribution in [-0.2, 0) is 11.0 Å². The fourth-order valence-electron chi connectivity index (χ4n) is 4.54. The van der Waals surface area contributed by atoms with Crippen LogP contribution in [0.2, 0.25) is 0 Å². The van der Waals surface area contributed by atoms with Crippen molar-refractivity contribution in [1.82, 2.24) is 24.8 Å². The van der Waals surface area contributed by atoms with E-state index in [1.165, 1.54) is 12.4 Å². The highest BCUT2D eigenvalue weighted by molar-refractivity contribution is 5.94. The van der Waals surface area contributed by atoms with Crippen LogP contribution in [0.3, 0.4) is 0 Å². The van der Waals surface area contributed by atoms with Crippen molar-refractivity contribution >= 4 is 22.9 Å². The first kappa shape index (κ1) is 26.3. The Morgan fingerprint density at radius 1 is 1.30 bits per heavy atom. The number of nitriles is 1. The van der Waals surface area contributed by atoms with E-state index in [1.807, 2.05) is 24.8 Å². The Morgan fingerprint density at radius 3 is 2.68 bits per heavy atom. The van der Waals surface area contributed by atoms with E-state index in [9.17, 15) is 23.2 Å². The summed E-state index contributed by atoms with van der Waals surface area (Å²) in [5.41, 5.74) is 6.11. The third kappa shape index (κ3) is 5.99. The summed E-state index contributed by atoms with van der Waals surface area (Å²) in [6.45, 7) is 5.88. The van der Waals surface area contributed by atoms with Gasteiger partial charge in [0.05, 0.1) is 29.1 Å². The molecule has 0 aromatic carbocycles. The molecule has 4 N–H and O–H groups in total. The molecule has 4 heterocycles. The molecule has 1 amide bonds. The number of carbonyl (C=O) groups excluding carboxylic acids is 1. The third-order valence-electron chi connectivity index (χ3n) is 6.54. The smallest absolute Gasteiger partial charge is 0.354 e. The number of likely N-dealkylation sites (tertiary alicyclic amines) is 1. The Balaban J connectivity index is 1.45. The first-order valence-corrected chi connectivity index (χ1v) is 12.2. The molecule has 0 unspecified atom stereocenters. The lowest BCUT2D eigenvalue weighted by Crippen LogP contribution is -2.48. The van der Waals surface area contributed by atoms with Gasteiger partial charge in [-0.2, -0.15) is 18.4 Å². The van der Waals surface area contributed by atoms with Crippen LogP contribution < -0.4 is 11.1 Å². The van der Waals surface area contributed by atoms with Gasteiger partial charge in [0.1, 0.15) is 11.7 Å². The monoisotopic (exact) mass is 514 g/mol. The second-order valence-electron chi connectivity index (χ2n) is 9.77. The number of nitrogens with zero attached hydrogens (tertiary/aromatic N) is 5. The number of pyridine rings is 1. The molecule has 1 saturated heterocycles. The lowest BCUT2D eigenvalue weighted by molar-refractivity contribution is -0.137. The topological polar surface area (TPSA) is 137 Å². The molecule has 1 atom stereocenters. The molecule has 4 rings (SSSR count). The first-order chi connectivity index (χ1) is 17.6. The molecule has 3 aromatic rings. The third-order valence-corrected chi connectivity index (χ3v) is 6.54. The van der Waals surface area contributed by atoms with Crippen LogP contribution in [0.15, 0.2) is 24.7 Å². The Hall–Kier alpha value is -3.72. The molecule has 1 fully saturated rings. The van der Waals surface area contributed by atoms with Gasteiger partial charge in [0.25, 0.3) is 0 Å². The molecule has 1 aliphatic rings. The number of amides is 1. The summed E-state index contributed by atoms with van der Waals surface area (Å²) in [4.78, 5) is 29.7. The molecule has 0 aliphatic carbocycles. The van der Waals surface area contributed by atoms with Crippen LogP contribution in [0.4, 0.5) is 19.1 Å². The zero-order valence-corrected chi connectivity index (χ0v) is 20.6. The minimum absolute atomic E-state index is 0.0120. The number of aromatic amines is 1.